The van der Waals surface area contributed by atoms with Crippen molar-refractivity contribution in [2.75, 3.05) is 18.5 Å². The van der Waals surface area contributed by atoms with Gasteiger partial charge in [0.25, 0.3) is 5.91 Å². The number of alkyl carbamates (subject to hydrolysis) is 1. The number of hydrogen-bond acceptors (Lipinski definition) is 5. The van der Waals surface area contributed by atoms with Crippen LogP contribution in [0.3, 0.4) is 0 Å². The molecule has 0 radical (unpaired) electrons. The second-order valence-corrected chi connectivity index (χ2v) is 11.2. The molecule has 3 aromatic carbocycles. The van der Waals surface area contributed by atoms with E-state index < -0.39 is 36.3 Å². The second-order valence-electron chi connectivity index (χ2n) is 11.2. The Bertz CT molecular complexity index is 1290. The van der Waals surface area contributed by atoms with Gasteiger partial charge in [0.1, 0.15) is 17.7 Å². The first-order valence-electron chi connectivity index (χ1n) is 14.4. The van der Waals surface area contributed by atoms with Gasteiger partial charge in [-0.3, -0.25) is 9.59 Å². The van der Waals surface area contributed by atoms with Crippen LogP contribution in [0.15, 0.2) is 72.8 Å². The number of nitrogens with zero attached hydrogens (tertiary/aromatic N) is 1. The Morgan fingerprint density at radius 3 is 2.20 bits per heavy atom. The number of anilines is 1. The van der Waals surface area contributed by atoms with E-state index in [0.29, 0.717) is 17.7 Å². The van der Waals surface area contributed by atoms with E-state index in [2.05, 4.69) is 17.6 Å². The average Bonchev–Trinajstić information content (AvgIpc) is 2.94. The third kappa shape index (κ3) is 9.60. The fraction of sp³-hybridized carbons (Fsp3) is 0.424. The Labute approximate surface area is 243 Å². The highest BCUT2D eigenvalue weighted by atomic mass is 16.6. The van der Waals surface area contributed by atoms with Gasteiger partial charge >= 0.3 is 6.09 Å². The minimum absolute atomic E-state index is 0.278. The van der Waals surface area contributed by atoms with Crippen LogP contribution in [0.5, 0.6) is 0 Å². The topological polar surface area (TPSA) is 108 Å². The van der Waals surface area contributed by atoms with Crippen molar-refractivity contribution in [3.05, 3.63) is 78.4 Å². The van der Waals surface area contributed by atoms with Crippen molar-refractivity contribution >= 4 is 34.4 Å². The predicted molar refractivity (Wildman–Crippen MR) is 162 cm³/mol. The van der Waals surface area contributed by atoms with Gasteiger partial charge in [-0.1, -0.05) is 93.3 Å². The molecule has 0 saturated carbocycles. The summed E-state index contributed by atoms with van der Waals surface area (Å²) in [7, 11) is 0. The number of hydrogen-bond donors (Lipinski definition) is 3. The number of aliphatic hydroxyl groups excluding tert-OH is 1. The molecule has 0 spiro atoms. The smallest absolute Gasteiger partial charge is 0.408 e. The number of benzene rings is 3. The Kier molecular flexibility index (Phi) is 11.7. The van der Waals surface area contributed by atoms with Crippen molar-refractivity contribution in [3.8, 4) is 0 Å². The molecule has 0 bridgehead atoms. The molecule has 3 amide bonds. The quantitative estimate of drug-likeness (QED) is 0.215. The summed E-state index contributed by atoms with van der Waals surface area (Å²) < 4.78 is 5.32. The van der Waals surface area contributed by atoms with E-state index in [1.54, 1.807) is 32.9 Å². The summed E-state index contributed by atoms with van der Waals surface area (Å²) in [6.45, 7) is 6.92. The lowest BCUT2D eigenvalue weighted by atomic mass is 10.0. The first kappa shape index (κ1) is 31.6. The number of carbonyl (C=O) groups excluding carboxylic acids is 3. The van der Waals surface area contributed by atoms with E-state index in [9.17, 15) is 19.5 Å². The van der Waals surface area contributed by atoms with E-state index >= 15 is 0 Å². The standard InChI is InChI=1S/C33H43N3O5/c1-5-6-7-8-14-21-36(31(39)28(23-37)35-32(40)41-33(2,3)4)29(25-16-10-9-11-17-25)30(38)34-27-20-19-24-15-12-13-18-26(24)22-27/h9-13,15-20,22,28-29,37H,5-8,14,21,23H2,1-4H3,(H,34,38)(H,35,40). The lowest BCUT2D eigenvalue weighted by Crippen LogP contribution is -2.54. The molecule has 3 aromatic rings. The monoisotopic (exact) mass is 561 g/mol. The number of rotatable bonds is 13. The second kappa shape index (κ2) is 15.2. The minimum atomic E-state index is -1.28. The van der Waals surface area contributed by atoms with Crippen LogP contribution in [-0.2, 0) is 14.3 Å². The largest absolute Gasteiger partial charge is 0.444 e. The van der Waals surface area contributed by atoms with Crippen LogP contribution in [0.1, 0.15) is 71.4 Å². The maximum absolute atomic E-state index is 14.0. The molecule has 0 aliphatic carbocycles. The van der Waals surface area contributed by atoms with E-state index in [0.717, 1.165) is 36.5 Å². The third-order valence-corrected chi connectivity index (χ3v) is 6.65. The zero-order valence-electron chi connectivity index (χ0n) is 24.6. The molecule has 2 atom stereocenters. The Morgan fingerprint density at radius 2 is 1.54 bits per heavy atom. The molecule has 41 heavy (non-hydrogen) atoms. The molecular formula is C33H43N3O5. The summed E-state index contributed by atoms with van der Waals surface area (Å²) in [4.78, 5) is 41.9. The van der Waals surface area contributed by atoms with Crippen molar-refractivity contribution in [1.29, 1.82) is 0 Å². The van der Waals surface area contributed by atoms with Gasteiger partial charge in [-0.15, -0.1) is 0 Å². The zero-order chi connectivity index (χ0) is 29.8. The number of ether oxygens (including phenoxy) is 1. The Morgan fingerprint density at radius 1 is 0.878 bits per heavy atom. The lowest BCUT2D eigenvalue weighted by Gasteiger charge is -2.34. The molecule has 220 valence electrons. The highest BCUT2D eigenvalue weighted by Gasteiger charge is 2.36. The van der Waals surface area contributed by atoms with Crippen molar-refractivity contribution in [3.63, 3.8) is 0 Å². The van der Waals surface area contributed by atoms with E-state index in [1.807, 2.05) is 60.7 Å². The van der Waals surface area contributed by atoms with Crippen molar-refractivity contribution in [2.45, 2.75) is 77.5 Å². The maximum atomic E-state index is 14.0. The van der Waals surface area contributed by atoms with E-state index in [-0.39, 0.29) is 12.5 Å². The molecule has 3 rings (SSSR count). The summed E-state index contributed by atoms with van der Waals surface area (Å²) in [6.07, 6.45) is 3.91. The summed E-state index contributed by atoms with van der Waals surface area (Å²) in [5, 5.41) is 17.7. The van der Waals surface area contributed by atoms with Crippen LogP contribution in [0.2, 0.25) is 0 Å². The molecule has 0 aliphatic heterocycles. The molecule has 2 unspecified atom stereocenters. The molecule has 0 aliphatic rings. The fourth-order valence-electron chi connectivity index (χ4n) is 4.67. The van der Waals surface area contributed by atoms with Gasteiger partial charge in [-0.25, -0.2) is 4.79 Å². The Balaban J connectivity index is 1.94. The van der Waals surface area contributed by atoms with Gasteiger partial charge in [0.15, 0.2) is 0 Å². The third-order valence-electron chi connectivity index (χ3n) is 6.65. The first-order valence-corrected chi connectivity index (χ1v) is 14.4. The first-order chi connectivity index (χ1) is 19.6. The number of fused-ring (bicyclic) bond motifs is 1. The SMILES string of the molecule is CCCCCCCN(C(=O)C(CO)NC(=O)OC(C)(C)C)C(C(=O)Nc1ccc2ccccc2c1)c1ccccc1. The van der Waals surface area contributed by atoms with Crippen LogP contribution in [-0.4, -0.2) is 52.7 Å². The Hall–Kier alpha value is -3.91. The lowest BCUT2D eigenvalue weighted by molar-refractivity contribution is -0.141. The molecule has 3 N–H and O–H groups in total. The highest BCUT2D eigenvalue weighted by molar-refractivity contribution is 6.00. The molecule has 8 nitrogen and oxygen atoms in total. The van der Waals surface area contributed by atoms with Crippen molar-refractivity contribution in [1.82, 2.24) is 10.2 Å². The van der Waals surface area contributed by atoms with Gasteiger partial charge < -0.3 is 25.4 Å². The highest BCUT2D eigenvalue weighted by Crippen LogP contribution is 2.26. The van der Waals surface area contributed by atoms with Gasteiger partial charge in [0, 0.05) is 12.2 Å². The molecular weight excluding hydrogens is 518 g/mol. The summed E-state index contributed by atoms with van der Waals surface area (Å²) in [6, 6.07) is 20.4. The fourth-order valence-corrected chi connectivity index (χ4v) is 4.67. The van der Waals surface area contributed by atoms with Gasteiger partial charge in [0.05, 0.1) is 6.61 Å². The van der Waals surface area contributed by atoms with Crippen LogP contribution < -0.4 is 10.6 Å². The predicted octanol–water partition coefficient (Wildman–Crippen LogP) is 6.20. The van der Waals surface area contributed by atoms with Gasteiger partial charge in [0.2, 0.25) is 5.91 Å². The summed E-state index contributed by atoms with van der Waals surface area (Å²) >= 11 is 0. The van der Waals surface area contributed by atoms with Crippen LogP contribution >= 0.6 is 0 Å². The maximum Gasteiger partial charge on any atom is 0.408 e. The average molecular weight is 562 g/mol. The molecule has 0 aromatic heterocycles. The van der Waals surface area contributed by atoms with Crippen LogP contribution in [0, 0.1) is 0 Å². The molecule has 8 heteroatoms. The number of unbranched alkanes of at least 4 members (excludes halogenated alkanes) is 4. The number of amides is 3. The van der Waals surface area contributed by atoms with E-state index in [1.165, 1.54) is 4.90 Å². The normalized spacial score (nSPS) is 12.8. The van der Waals surface area contributed by atoms with Gasteiger partial charge in [-0.2, -0.15) is 0 Å². The number of aliphatic hydroxyl groups is 1. The molecule has 0 fully saturated rings. The minimum Gasteiger partial charge on any atom is -0.444 e. The molecule has 0 saturated heterocycles. The van der Waals surface area contributed by atoms with Crippen molar-refractivity contribution in [2.24, 2.45) is 0 Å². The van der Waals surface area contributed by atoms with Crippen LogP contribution in [0.4, 0.5) is 10.5 Å². The molecule has 0 heterocycles. The van der Waals surface area contributed by atoms with Gasteiger partial charge in [-0.05, 0) is 55.7 Å². The summed E-state index contributed by atoms with van der Waals surface area (Å²) in [5.74, 6) is -0.946. The van der Waals surface area contributed by atoms with E-state index in [4.69, 9.17) is 4.74 Å². The van der Waals surface area contributed by atoms with Crippen LogP contribution in [0.25, 0.3) is 10.8 Å². The number of carbonyl (C=O) groups is 3. The van der Waals surface area contributed by atoms with Crippen molar-refractivity contribution < 1.29 is 24.2 Å². The zero-order valence-corrected chi connectivity index (χ0v) is 24.6. The number of nitrogens with one attached hydrogen (secondary N) is 2. The summed E-state index contributed by atoms with van der Waals surface area (Å²) in [5.41, 5.74) is 0.454.